The van der Waals surface area contributed by atoms with Crippen LogP contribution in [0.5, 0.6) is 0 Å². The van der Waals surface area contributed by atoms with E-state index in [2.05, 4.69) is 0 Å². The Morgan fingerprint density at radius 3 is 2.23 bits per heavy atom. The summed E-state index contributed by atoms with van der Waals surface area (Å²) in [7, 11) is 0. The van der Waals surface area contributed by atoms with E-state index in [-0.39, 0.29) is 23.4 Å². The van der Waals surface area contributed by atoms with Crippen LogP contribution in [0.4, 0.5) is 13.2 Å². The molecule has 3 aromatic carbocycles. The van der Waals surface area contributed by atoms with Gasteiger partial charge in [-0.15, -0.1) is 0 Å². The van der Waals surface area contributed by atoms with Crippen molar-refractivity contribution in [2.75, 3.05) is 0 Å². The van der Waals surface area contributed by atoms with Crippen molar-refractivity contribution < 1.29 is 22.8 Å². The van der Waals surface area contributed by atoms with Gasteiger partial charge in [0.2, 0.25) is 0 Å². The Balaban J connectivity index is 1.51. The van der Waals surface area contributed by atoms with Crippen LogP contribution in [-0.2, 0) is 6.18 Å². The molecule has 158 valence electrons. The molecule has 0 amide bonds. The van der Waals surface area contributed by atoms with Crippen LogP contribution >= 0.6 is 11.8 Å². The first kappa shape index (κ1) is 20.3. The van der Waals surface area contributed by atoms with Gasteiger partial charge in [0, 0.05) is 32.8 Å². The molecular formula is C25H19F3O2S. The summed E-state index contributed by atoms with van der Waals surface area (Å²) in [6.45, 7) is 0. The highest BCUT2D eigenvalue weighted by Crippen LogP contribution is 2.44. The summed E-state index contributed by atoms with van der Waals surface area (Å²) in [6.07, 6.45) is -0.900. The van der Waals surface area contributed by atoms with Gasteiger partial charge in [0.1, 0.15) is 0 Å². The van der Waals surface area contributed by atoms with E-state index in [0.29, 0.717) is 21.9 Å². The highest BCUT2D eigenvalue weighted by Gasteiger charge is 2.43. The molecule has 0 aliphatic heterocycles. The quantitative estimate of drug-likeness (QED) is 0.423. The highest BCUT2D eigenvalue weighted by molar-refractivity contribution is 7.99. The van der Waals surface area contributed by atoms with E-state index in [1.165, 1.54) is 17.8 Å². The fourth-order valence-electron chi connectivity index (χ4n) is 4.81. The van der Waals surface area contributed by atoms with Gasteiger partial charge in [-0.05, 0) is 53.9 Å². The number of Topliss-reactive ketones (excluding diaryl/α,β-unsaturated/α-hetero) is 2. The lowest BCUT2D eigenvalue weighted by Gasteiger charge is -2.34. The summed E-state index contributed by atoms with van der Waals surface area (Å²) in [5.74, 6) is -0.302. The van der Waals surface area contributed by atoms with Crippen molar-refractivity contribution in [3.8, 4) is 0 Å². The molecule has 2 nitrogen and oxygen atoms in total. The maximum absolute atomic E-state index is 13.3. The maximum Gasteiger partial charge on any atom is 0.416 e. The molecule has 0 saturated heterocycles. The Hall–Kier alpha value is -2.60. The lowest BCUT2D eigenvalue weighted by molar-refractivity contribution is -0.137. The van der Waals surface area contributed by atoms with Crippen LogP contribution in [0, 0.1) is 11.8 Å². The van der Waals surface area contributed by atoms with Crippen LogP contribution in [-0.4, -0.2) is 11.6 Å². The summed E-state index contributed by atoms with van der Waals surface area (Å²) in [5, 5.41) is 1.20. The summed E-state index contributed by atoms with van der Waals surface area (Å²) in [4.78, 5) is 27.9. The lowest BCUT2D eigenvalue weighted by atomic mass is 9.67. The van der Waals surface area contributed by atoms with Crippen LogP contribution < -0.4 is 0 Å². The van der Waals surface area contributed by atoms with Crippen molar-refractivity contribution in [1.82, 2.24) is 0 Å². The van der Waals surface area contributed by atoms with Crippen molar-refractivity contribution >= 4 is 34.1 Å². The Kier molecular flexibility index (Phi) is 4.93. The van der Waals surface area contributed by atoms with E-state index in [4.69, 9.17) is 0 Å². The number of fused-ring (bicyclic) bond motifs is 3. The third kappa shape index (κ3) is 3.57. The zero-order chi connectivity index (χ0) is 21.8. The van der Waals surface area contributed by atoms with Gasteiger partial charge in [-0.3, -0.25) is 9.59 Å². The third-order valence-electron chi connectivity index (χ3n) is 6.34. The van der Waals surface area contributed by atoms with Gasteiger partial charge in [0.05, 0.1) is 5.56 Å². The smallest absolute Gasteiger partial charge is 0.294 e. The van der Waals surface area contributed by atoms with Crippen molar-refractivity contribution in [1.29, 1.82) is 0 Å². The van der Waals surface area contributed by atoms with Crippen molar-refractivity contribution in [2.45, 2.75) is 41.7 Å². The van der Waals surface area contributed by atoms with Gasteiger partial charge in [-0.1, -0.05) is 48.9 Å². The number of alkyl halides is 3. The van der Waals surface area contributed by atoms with Gasteiger partial charge in [0.25, 0.3) is 0 Å². The minimum absolute atomic E-state index is 0.0537. The SMILES string of the molecule is O=C1c2cccc(Sc3ccc4cc(C(F)(F)F)ccc4c3)c2C(=O)C2CCCCC12. The van der Waals surface area contributed by atoms with Crippen LogP contribution in [0.1, 0.15) is 52.0 Å². The summed E-state index contributed by atoms with van der Waals surface area (Å²) < 4.78 is 38.9. The molecule has 2 aliphatic rings. The second-order valence-corrected chi connectivity index (χ2v) is 9.34. The van der Waals surface area contributed by atoms with Gasteiger partial charge in [-0.25, -0.2) is 0 Å². The van der Waals surface area contributed by atoms with Gasteiger partial charge < -0.3 is 0 Å². The second-order valence-electron chi connectivity index (χ2n) is 8.23. The molecule has 2 atom stereocenters. The molecule has 0 heterocycles. The van der Waals surface area contributed by atoms with Crippen LogP contribution in [0.25, 0.3) is 10.8 Å². The minimum Gasteiger partial charge on any atom is -0.294 e. The molecule has 0 spiro atoms. The number of benzene rings is 3. The molecule has 0 radical (unpaired) electrons. The normalized spacial score (nSPS) is 21.1. The third-order valence-corrected chi connectivity index (χ3v) is 7.39. The van der Waals surface area contributed by atoms with Crippen LogP contribution in [0.15, 0.2) is 64.4 Å². The molecule has 1 saturated carbocycles. The Labute approximate surface area is 181 Å². The first-order valence-electron chi connectivity index (χ1n) is 10.3. The van der Waals surface area contributed by atoms with Crippen molar-refractivity contribution in [3.63, 3.8) is 0 Å². The number of hydrogen-bond acceptors (Lipinski definition) is 3. The van der Waals surface area contributed by atoms with Gasteiger partial charge in [-0.2, -0.15) is 13.2 Å². The summed E-state index contributed by atoms with van der Waals surface area (Å²) >= 11 is 1.38. The zero-order valence-electron chi connectivity index (χ0n) is 16.5. The Bertz CT molecular complexity index is 1220. The van der Waals surface area contributed by atoms with Crippen LogP contribution in [0.3, 0.4) is 0 Å². The maximum atomic E-state index is 13.3. The number of ketones is 2. The van der Waals surface area contributed by atoms with Crippen molar-refractivity contribution in [2.24, 2.45) is 11.8 Å². The standard InChI is InChI=1S/C25H19F3O2S/c26-25(27,28)16-10-8-15-13-17(11-9-14(15)12-16)31-21-7-3-6-20-22(21)24(30)19-5-2-1-4-18(19)23(20)29/h3,6-13,18-19H,1-2,4-5H2. The lowest BCUT2D eigenvalue weighted by Crippen LogP contribution is -2.38. The molecule has 6 heteroatoms. The molecule has 2 unspecified atom stereocenters. The first-order valence-corrected chi connectivity index (χ1v) is 11.1. The average Bonchev–Trinajstić information content (AvgIpc) is 2.76. The molecule has 0 aromatic heterocycles. The molecular weight excluding hydrogens is 421 g/mol. The Morgan fingerprint density at radius 2 is 1.48 bits per heavy atom. The number of halogens is 3. The largest absolute Gasteiger partial charge is 0.416 e. The molecule has 1 fully saturated rings. The summed E-state index contributed by atoms with van der Waals surface area (Å²) in [6, 6.07) is 14.3. The first-order chi connectivity index (χ1) is 14.8. The highest BCUT2D eigenvalue weighted by atomic mass is 32.2. The molecule has 3 aromatic rings. The van der Waals surface area contributed by atoms with Gasteiger partial charge >= 0.3 is 6.18 Å². The fraction of sp³-hybridized carbons (Fsp3) is 0.280. The predicted molar refractivity (Wildman–Crippen MR) is 114 cm³/mol. The summed E-state index contributed by atoms with van der Waals surface area (Å²) in [5.41, 5.74) is 0.339. The average molecular weight is 440 g/mol. The van der Waals surface area contributed by atoms with Crippen LogP contribution in [0.2, 0.25) is 0 Å². The predicted octanol–water partition coefficient (Wildman–Crippen LogP) is 7.20. The van der Waals surface area contributed by atoms with E-state index in [1.807, 2.05) is 12.1 Å². The monoisotopic (exact) mass is 440 g/mol. The Morgan fingerprint density at radius 1 is 0.806 bits per heavy atom. The number of rotatable bonds is 2. The number of carbonyl (C=O) groups is 2. The van der Waals surface area contributed by atoms with E-state index >= 15 is 0 Å². The number of hydrogen-bond donors (Lipinski definition) is 0. The van der Waals surface area contributed by atoms with E-state index < -0.39 is 11.7 Å². The van der Waals surface area contributed by atoms with Crippen molar-refractivity contribution in [3.05, 3.63) is 71.3 Å². The second kappa shape index (κ2) is 7.52. The molecule has 0 bridgehead atoms. The molecule has 0 N–H and O–H groups in total. The van der Waals surface area contributed by atoms with E-state index in [1.54, 1.807) is 24.3 Å². The van der Waals surface area contributed by atoms with E-state index in [0.717, 1.165) is 47.6 Å². The topological polar surface area (TPSA) is 34.1 Å². The molecule has 5 rings (SSSR count). The van der Waals surface area contributed by atoms with E-state index in [9.17, 15) is 22.8 Å². The molecule has 2 aliphatic carbocycles. The zero-order valence-corrected chi connectivity index (χ0v) is 17.4. The molecule has 31 heavy (non-hydrogen) atoms. The number of carbonyl (C=O) groups excluding carboxylic acids is 2. The fourth-order valence-corrected chi connectivity index (χ4v) is 5.85. The minimum atomic E-state index is -4.38. The van der Waals surface area contributed by atoms with Gasteiger partial charge in [0.15, 0.2) is 11.6 Å².